The molecule has 194 valence electrons. The van der Waals surface area contributed by atoms with Gasteiger partial charge < -0.3 is 20.4 Å². The number of pyridine rings is 1. The molecule has 2 N–H and O–H groups in total. The van der Waals surface area contributed by atoms with Crippen LogP contribution in [0.2, 0.25) is 0 Å². The number of aromatic nitrogens is 3. The number of anilines is 4. The van der Waals surface area contributed by atoms with Gasteiger partial charge in [0, 0.05) is 60.9 Å². The molecule has 4 aromatic rings. The topological polar surface area (TPSA) is 95.4 Å². The molecule has 3 heterocycles. The summed E-state index contributed by atoms with van der Waals surface area (Å²) in [5.41, 5.74) is 5.45. The molecule has 0 bridgehead atoms. The van der Waals surface area contributed by atoms with E-state index in [1.54, 1.807) is 36.5 Å². The number of nitrogens with one attached hydrogen (secondary N) is 2. The second-order valence-corrected chi connectivity index (χ2v) is 9.59. The number of amides is 1. The third-order valence-electron chi connectivity index (χ3n) is 6.82. The lowest BCUT2D eigenvalue weighted by atomic mass is 10.1. The number of hydrogen-bond acceptors (Lipinski definition) is 7. The lowest BCUT2D eigenvalue weighted by Crippen LogP contribution is -2.44. The smallest absolute Gasteiger partial charge is 0.257 e. The summed E-state index contributed by atoms with van der Waals surface area (Å²) in [4.78, 5) is 39.0. The molecular formula is C29H31N7O2. The van der Waals surface area contributed by atoms with Crippen LogP contribution in [0.1, 0.15) is 11.1 Å². The summed E-state index contributed by atoms with van der Waals surface area (Å²) in [7, 11) is 2.15. The minimum absolute atomic E-state index is 0.223. The summed E-state index contributed by atoms with van der Waals surface area (Å²) in [6, 6.07) is 14.9. The molecule has 2 aromatic heterocycles. The van der Waals surface area contributed by atoms with E-state index in [1.165, 1.54) is 21.9 Å². The fourth-order valence-electron chi connectivity index (χ4n) is 4.74. The highest BCUT2D eigenvalue weighted by Crippen LogP contribution is 2.27. The van der Waals surface area contributed by atoms with Gasteiger partial charge in [0.25, 0.3) is 5.56 Å². The van der Waals surface area contributed by atoms with Crippen molar-refractivity contribution in [1.29, 1.82) is 0 Å². The number of piperazine rings is 1. The summed E-state index contributed by atoms with van der Waals surface area (Å²) in [6.45, 7) is 11.6. The van der Waals surface area contributed by atoms with E-state index in [2.05, 4.69) is 58.1 Å². The van der Waals surface area contributed by atoms with Crippen molar-refractivity contribution >= 4 is 40.0 Å². The number of nitrogens with zero attached hydrogens (tertiary/aromatic N) is 5. The maximum absolute atomic E-state index is 13.1. The molecule has 0 radical (unpaired) electrons. The molecule has 0 unspecified atom stereocenters. The fourth-order valence-corrected chi connectivity index (χ4v) is 4.74. The predicted octanol–water partition coefficient (Wildman–Crippen LogP) is 4.02. The van der Waals surface area contributed by atoms with Gasteiger partial charge >= 0.3 is 0 Å². The first kappa shape index (κ1) is 25.2. The van der Waals surface area contributed by atoms with Gasteiger partial charge in [-0.25, -0.2) is 4.98 Å². The molecule has 0 atom stereocenters. The van der Waals surface area contributed by atoms with E-state index in [0.717, 1.165) is 42.8 Å². The Morgan fingerprint density at radius 1 is 1.00 bits per heavy atom. The summed E-state index contributed by atoms with van der Waals surface area (Å²) >= 11 is 0. The summed E-state index contributed by atoms with van der Waals surface area (Å²) in [6.07, 6.45) is 2.93. The van der Waals surface area contributed by atoms with Crippen molar-refractivity contribution in [3.05, 3.63) is 88.9 Å². The van der Waals surface area contributed by atoms with Gasteiger partial charge in [0.1, 0.15) is 0 Å². The molecular weight excluding hydrogens is 478 g/mol. The zero-order valence-corrected chi connectivity index (χ0v) is 21.9. The number of carbonyl (C=O) groups excluding carboxylic acids is 1. The Kier molecular flexibility index (Phi) is 6.93. The van der Waals surface area contributed by atoms with Gasteiger partial charge in [0.05, 0.1) is 5.69 Å². The molecule has 1 amide bonds. The van der Waals surface area contributed by atoms with E-state index >= 15 is 0 Å². The first-order valence-corrected chi connectivity index (χ1v) is 12.6. The Balaban J connectivity index is 1.49. The first-order chi connectivity index (χ1) is 18.3. The van der Waals surface area contributed by atoms with E-state index in [-0.39, 0.29) is 11.5 Å². The number of aryl methyl sites for hydroxylation is 2. The van der Waals surface area contributed by atoms with Crippen LogP contribution in [-0.2, 0) is 4.79 Å². The third kappa shape index (κ3) is 5.14. The van der Waals surface area contributed by atoms with Crippen molar-refractivity contribution in [2.24, 2.45) is 0 Å². The minimum atomic E-state index is -0.328. The second kappa shape index (κ2) is 10.5. The zero-order valence-electron chi connectivity index (χ0n) is 21.9. The number of rotatable bonds is 6. The average molecular weight is 510 g/mol. The lowest BCUT2D eigenvalue weighted by molar-refractivity contribution is -0.111. The van der Waals surface area contributed by atoms with Crippen molar-refractivity contribution in [1.82, 2.24) is 19.4 Å². The summed E-state index contributed by atoms with van der Waals surface area (Å²) in [5, 5.41) is 6.80. The van der Waals surface area contributed by atoms with E-state index < -0.39 is 0 Å². The molecule has 0 aliphatic carbocycles. The monoisotopic (exact) mass is 509 g/mol. The summed E-state index contributed by atoms with van der Waals surface area (Å²) in [5.74, 6) is 0.0603. The van der Waals surface area contributed by atoms with Gasteiger partial charge in [-0.1, -0.05) is 12.6 Å². The average Bonchev–Trinajstić information content (AvgIpc) is 2.89. The van der Waals surface area contributed by atoms with Gasteiger partial charge in [-0.05, 0) is 74.5 Å². The first-order valence-electron chi connectivity index (χ1n) is 12.6. The van der Waals surface area contributed by atoms with Gasteiger partial charge in [-0.3, -0.25) is 14.2 Å². The zero-order chi connectivity index (χ0) is 26.8. The van der Waals surface area contributed by atoms with Crippen LogP contribution >= 0.6 is 0 Å². The molecule has 38 heavy (non-hydrogen) atoms. The maximum atomic E-state index is 13.1. The van der Waals surface area contributed by atoms with Crippen LogP contribution in [-0.4, -0.2) is 58.6 Å². The Bertz CT molecular complexity index is 1590. The molecule has 1 aliphatic heterocycles. The number of likely N-dealkylation sites (N-methyl/N-ethyl adjacent to an activating group) is 1. The second-order valence-electron chi connectivity index (χ2n) is 9.59. The molecule has 9 heteroatoms. The van der Waals surface area contributed by atoms with E-state index in [9.17, 15) is 9.59 Å². The van der Waals surface area contributed by atoms with Crippen molar-refractivity contribution < 1.29 is 4.79 Å². The molecule has 0 spiro atoms. The van der Waals surface area contributed by atoms with E-state index in [1.807, 2.05) is 13.0 Å². The Labute approximate surface area is 221 Å². The summed E-state index contributed by atoms with van der Waals surface area (Å²) < 4.78 is 1.53. The minimum Gasteiger partial charge on any atom is -0.369 e. The van der Waals surface area contributed by atoms with Crippen molar-refractivity contribution in [3.63, 3.8) is 0 Å². The van der Waals surface area contributed by atoms with Crippen LogP contribution < -0.4 is 21.1 Å². The lowest BCUT2D eigenvalue weighted by Gasteiger charge is -2.35. The number of fused-ring (bicyclic) bond motifs is 1. The van der Waals surface area contributed by atoms with Crippen LogP contribution in [0.4, 0.5) is 23.0 Å². The van der Waals surface area contributed by atoms with Gasteiger partial charge in [-0.2, -0.15) is 4.98 Å². The number of carbonyl (C=O) groups is 1. The maximum Gasteiger partial charge on any atom is 0.257 e. The quantitative estimate of drug-likeness (QED) is 0.379. The van der Waals surface area contributed by atoms with Crippen molar-refractivity contribution in [2.75, 3.05) is 48.8 Å². The molecule has 2 aromatic carbocycles. The van der Waals surface area contributed by atoms with E-state index in [0.29, 0.717) is 23.0 Å². The fraction of sp³-hybridized carbons (Fsp3) is 0.241. The molecule has 1 fully saturated rings. The predicted molar refractivity (Wildman–Crippen MR) is 153 cm³/mol. The SMILES string of the molecule is C=CC(=O)Nc1cccc(-n2c(=O)cc(C)c3cnc(Nc4ccc(N5CCN(C)CC5)c(C)c4)nc32)c1. The number of benzene rings is 2. The van der Waals surface area contributed by atoms with Crippen molar-refractivity contribution in [3.8, 4) is 5.69 Å². The molecule has 9 nitrogen and oxygen atoms in total. The van der Waals surface area contributed by atoms with E-state index in [4.69, 9.17) is 4.98 Å². The van der Waals surface area contributed by atoms with Gasteiger partial charge in [-0.15, -0.1) is 0 Å². The highest BCUT2D eigenvalue weighted by atomic mass is 16.1. The highest BCUT2D eigenvalue weighted by Gasteiger charge is 2.17. The van der Waals surface area contributed by atoms with Gasteiger partial charge in [0.15, 0.2) is 5.65 Å². The Morgan fingerprint density at radius 3 is 2.53 bits per heavy atom. The normalized spacial score (nSPS) is 13.9. The van der Waals surface area contributed by atoms with Crippen LogP contribution in [0, 0.1) is 13.8 Å². The third-order valence-corrected chi connectivity index (χ3v) is 6.82. The van der Waals surface area contributed by atoms with Gasteiger partial charge in [0.2, 0.25) is 11.9 Å². The molecule has 0 saturated carbocycles. The Morgan fingerprint density at radius 2 is 1.79 bits per heavy atom. The van der Waals surface area contributed by atoms with Crippen molar-refractivity contribution in [2.45, 2.75) is 13.8 Å². The largest absolute Gasteiger partial charge is 0.369 e. The molecule has 5 rings (SSSR count). The van der Waals surface area contributed by atoms with Crippen LogP contribution in [0.5, 0.6) is 0 Å². The van der Waals surface area contributed by atoms with Crippen LogP contribution in [0.25, 0.3) is 16.7 Å². The standard InChI is InChI=1S/C29H31N7O2/c1-5-26(37)31-21-7-6-8-23(17-21)36-27(38)16-19(2)24-18-30-29(33-28(24)36)32-22-9-10-25(20(3)15-22)35-13-11-34(4)12-14-35/h5-10,15-18H,1,11-14H2,2-4H3,(H,31,37)(H,30,32,33). The Hall–Kier alpha value is -4.50. The molecule has 1 aliphatic rings. The van der Waals surface area contributed by atoms with Crippen LogP contribution in [0.3, 0.4) is 0 Å². The highest BCUT2D eigenvalue weighted by molar-refractivity contribution is 5.99. The number of hydrogen-bond donors (Lipinski definition) is 2. The molecule has 1 saturated heterocycles. The van der Waals surface area contributed by atoms with Crippen LogP contribution in [0.15, 0.2) is 72.2 Å².